The number of aliphatic hydroxyl groups excluding tert-OH is 1. The van der Waals surface area contributed by atoms with Crippen molar-refractivity contribution in [3.63, 3.8) is 0 Å². The van der Waals surface area contributed by atoms with Crippen molar-refractivity contribution in [2.75, 3.05) is 26.2 Å². The molecule has 6 heteroatoms. The average molecular weight is 311 g/mol. The monoisotopic (exact) mass is 310 g/mol. The normalized spacial score (nSPS) is 16.7. The van der Waals surface area contributed by atoms with E-state index in [1.165, 1.54) is 0 Å². The number of amides is 2. The summed E-state index contributed by atoms with van der Waals surface area (Å²) >= 11 is 5.92. The van der Waals surface area contributed by atoms with Crippen molar-refractivity contribution in [2.24, 2.45) is 5.92 Å². The zero-order valence-corrected chi connectivity index (χ0v) is 12.5. The fraction of sp³-hybridized carbons (Fsp3) is 0.467. The maximum atomic E-state index is 11.9. The number of piperidine rings is 1. The van der Waals surface area contributed by atoms with Gasteiger partial charge in [0.05, 0.1) is 17.1 Å². The first-order valence-corrected chi connectivity index (χ1v) is 7.40. The van der Waals surface area contributed by atoms with Gasteiger partial charge in [-0.05, 0) is 44.0 Å². The molecule has 1 heterocycles. The van der Waals surface area contributed by atoms with Crippen LogP contribution < -0.4 is 5.32 Å². The third-order valence-corrected chi connectivity index (χ3v) is 4.03. The highest BCUT2D eigenvalue weighted by atomic mass is 35.5. The van der Waals surface area contributed by atoms with Crippen molar-refractivity contribution in [3.05, 3.63) is 34.9 Å². The van der Waals surface area contributed by atoms with Gasteiger partial charge in [-0.2, -0.15) is 0 Å². The molecule has 0 radical (unpaired) electrons. The number of nitrogens with one attached hydrogen (secondary N) is 1. The Balaban J connectivity index is 1.82. The van der Waals surface area contributed by atoms with Crippen molar-refractivity contribution in [2.45, 2.75) is 12.8 Å². The number of halogens is 1. The van der Waals surface area contributed by atoms with Crippen LogP contribution in [-0.2, 0) is 4.79 Å². The van der Waals surface area contributed by atoms with E-state index in [1.54, 1.807) is 24.3 Å². The van der Waals surface area contributed by atoms with Gasteiger partial charge >= 0.3 is 0 Å². The molecule has 1 aromatic carbocycles. The lowest BCUT2D eigenvalue weighted by molar-refractivity contribution is -0.121. The number of likely N-dealkylation sites (tertiary alicyclic amines) is 1. The van der Waals surface area contributed by atoms with Gasteiger partial charge in [0.25, 0.3) is 5.91 Å². The van der Waals surface area contributed by atoms with E-state index < -0.39 is 5.91 Å². The average Bonchev–Trinajstić information content (AvgIpc) is 2.48. The largest absolute Gasteiger partial charge is 0.396 e. The Morgan fingerprint density at radius 1 is 1.29 bits per heavy atom. The Morgan fingerprint density at radius 2 is 1.95 bits per heavy atom. The highest BCUT2D eigenvalue weighted by Gasteiger charge is 2.21. The molecular weight excluding hydrogens is 292 g/mol. The van der Waals surface area contributed by atoms with Gasteiger partial charge in [-0.3, -0.25) is 19.8 Å². The summed E-state index contributed by atoms with van der Waals surface area (Å²) in [5.41, 5.74) is 0.298. The van der Waals surface area contributed by atoms with Gasteiger partial charge in [0, 0.05) is 6.61 Å². The molecule has 0 aliphatic carbocycles. The lowest BCUT2D eigenvalue weighted by atomic mass is 9.98. The number of carbonyl (C=O) groups excluding carboxylic acids is 2. The van der Waals surface area contributed by atoms with Gasteiger partial charge < -0.3 is 5.11 Å². The number of nitrogens with zero attached hydrogens (tertiary/aromatic N) is 1. The molecule has 1 aliphatic heterocycles. The Morgan fingerprint density at radius 3 is 2.57 bits per heavy atom. The number of rotatable bonds is 4. The minimum absolute atomic E-state index is 0.189. The topological polar surface area (TPSA) is 69.6 Å². The molecule has 1 aliphatic rings. The van der Waals surface area contributed by atoms with E-state index in [1.807, 2.05) is 4.90 Å². The number of imide groups is 1. The summed E-state index contributed by atoms with van der Waals surface area (Å²) in [5.74, 6) is -0.479. The van der Waals surface area contributed by atoms with Gasteiger partial charge in [0.15, 0.2) is 0 Å². The van der Waals surface area contributed by atoms with Gasteiger partial charge in [-0.25, -0.2) is 0 Å². The maximum absolute atomic E-state index is 11.9. The first-order chi connectivity index (χ1) is 10.1. The van der Waals surface area contributed by atoms with Gasteiger partial charge in [-0.1, -0.05) is 23.7 Å². The van der Waals surface area contributed by atoms with Crippen LogP contribution in [0.3, 0.4) is 0 Å². The molecular formula is C15H19ClN2O3. The summed E-state index contributed by atoms with van der Waals surface area (Å²) in [6.45, 7) is 1.91. The fourth-order valence-corrected chi connectivity index (χ4v) is 2.63. The molecule has 2 N–H and O–H groups in total. The van der Waals surface area contributed by atoms with Crippen LogP contribution in [0.15, 0.2) is 24.3 Å². The molecule has 2 rings (SSSR count). The summed E-state index contributed by atoms with van der Waals surface area (Å²) in [6, 6.07) is 6.62. The van der Waals surface area contributed by atoms with E-state index in [4.69, 9.17) is 16.7 Å². The van der Waals surface area contributed by atoms with Crippen molar-refractivity contribution in [3.8, 4) is 0 Å². The van der Waals surface area contributed by atoms with E-state index in [2.05, 4.69) is 5.32 Å². The first-order valence-electron chi connectivity index (χ1n) is 7.02. The van der Waals surface area contributed by atoms with Crippen LogP contribution in [0.5, 0.6) is 0 Å². The smallest absolute Gasteiger partial charge is 0.259 e. The lowest BCUT2D eigenvalue weighted by Crippen LogP contribution is -2.43. The number of benzene rings is 1. The third-order valence-electron chi connectivity index (χ3n) is 3.70. The van der Waals surface area contributed by atoms with Crippen LogP contribution in [0, 0.1) is 5.92 Å². The standard InChI is InChI=1S/C15H19ClN2O3/c16-13-4-2-1-3-12(13)15(21)17-14(20)9-18-7-5-11(10-19)6-8-18/h1-4,11,19H,5-10H2,(H,17,20,21). The third kappa shape index (κ3) is 4.52. The Kier molecular flexibility index (Phi) is 5.73. The predicted molar refractivity (Wildman–Crippen MR) is 80.2 cm³/mol. The molecule has 0 unspecified atom stereocenters. The van der Waals surface area contributed by atoms with Gasteiger partial charge in [-0.15, -0.1) is 0 Å². The van der Waals surface area contributed by atoms with E-state index in [-0.39, 0.29) is 19.1 Å². The lowest BCUT2D eigenvalue weighted by Gasteiger charge is -2.30. The molecule has 5 nitrogen and oxygen atoms in total. The molecule has 0 saturated carbocycles. The van der Waals surface area contributed by atoms with Crippen LogP contribution in [0.2, 0.25) is 5.02 Å². The Bertz CT molecular complexity index is 513. The minimum atomic E-state index is -0.476. The van der Waals surface area contributed by atoms with Crippen LogP contribution in [0.25, 0.3) is 0 Å². The van der Waals surface area contributed by atoms with Gasteiger partial charge in [0.2, 0.25) is 5.91 Å². The first kappa shape index (κ1) is 15.9. The van der Waals surface area contributed by atoms with Crippen LogP contribution in [-0.4, -0.2) is 48.1 Å². The number of hydrogen-bond donors (Lipinski definition) is 2. The summed E-state index contributed by atoms with van der Waals surface area (Å²) in [5, 5.41) is 11.8. The second kappa shape index (κ2) is 7.54. The van der Waals surface area contributed by atoms with Crippen molar-refractivity contribution in [1.82, 2.24) is 10.2 Å². The van der Waals surface area contributed by atoms with Gasteiger partial charge in [0.1, 0.15) is 0 Å². The number of hydrogen-bond acceptors (Lipinski definition) is 4. The van der Waals surface area contributed by atoms with E-state index in [0.717, 1.165) is 25.9 Å². The van der Waals surface area contributed by atoms with E-state index >= 15 is 0 Å². The quantitative estimate of drug-likeness (QED) is 0.879. The zero-order valence-electron chi connectivity index (χ0n) is 11.7. The second-order valence-corrected chi connectivity index (χ2v) is 5.67. The van der Waals surface area contributed by atoms with Crippen LogP contribution in [0.1, 0.15) is 23.2 Å². The summed E-state index contributed by atoms with van der Waals surface area (Å²) in [4.78, 5) is 25.8. The fourth-order valence-electron chi connectivity index (χ4n) is 2.41. The second-order valence-electron chi connectivity index (χ2n) is 5.26. The molecule has 1 fully saturated rings. The summed E-state index contributed by atoms with van der Waals surface area (Å²) < 4.78 is 0. The number of carbonyl (C=O) groups is 2. The molecule has 114 valence electrons. The molecule has 0 aromatic heterocycles. The molecule has 1 aromatic rings. The minimum Gasteiger partial charge on any atom is -0.396 e. The van der Waals surface area contributed by atoms with Crippen molar-refractivity contribution in [1.29, 1.82) is 0 Å². The summed E-state index contributed by atoms with van der Waals surface area (Å²) in [7, 11) is 0. The van der Waals surface area contributed by atoms with Crippen LogP contribution in [0.4, 0.5) is 0 Å². The van der Waals surface area contributed by atoms with Crippen molar-refractivity contribution >= 4 is 23.4 Å². The Hall–Kier alpha value is -1.43. The molecule has 21 heavy (non-hydrogen) atoms. The van der Waals surface area contributed by atoms with E-state index in [9.17, 15) is 9.59 Å². The highest BCUT2D eigenvalue weighted by molar-refractivity contribution is 6.34. The SMILES string of the molecule is O=C(CN1CCC(CO)CC1)NC(=O)c1ccccc1Cl. The van der Waals surface area contributed by atoms with Crippen LogP contribution >= 0.6 is 11.6 Å². The molecule has 2 amide bonds. The molecule has 0 atom stereocenters. The highest BCUT2D eigenvalue weighted by Crippen LogP contribution is 2.16. The zero-order chi connectivity index (χ0) is 15.2. The molecule has 0 bridgehead atoms. The predicted octanol–water partition coefficient (Wildman–Crippen LogP) is 1.30. The Labute approximate surface area is 128 Å². The molecule has 0 spiro atoms. The van der Waals surface area contributed by atoms with E-state index in [0.29, 0.717) is 16.5 Å². The number of aliphatic hydroxyl groups is 1. The molecule has 1 saturated heterocycles. The maximum Gasteiger partial charge on any atom is 0.259 e. The summed E-state index contributed by atoms with van der Waals surface area (Å²) in [6.07, 6.45) is 1.75. The van der Waals surface area contributed by atoms with Crippen molar-refractivity contribution < 1.29 is 14.7 Å².